The summed E-state index contributed by atoms with van der Waals surface area (Å²) in [5, 5.41) is 0. The van der Waals surface area contributed by atoms with Crippen LogP contribution in [0.5, 0.6) is 0 Å². The third kappa shape index (κ3) is 3.47. The Balaban J connectivity index is 2.23. The minimum Gasteiger partial charge on any atom is -0.327 e. The van der Waals surface area contributed by atoms with E-state index in [1.807, 2.05) is 0 Å². The number of rotatable bonds is 2. The molecule has 4 heteroatoms. The van der Waals surface area contributed by atoms with E-state index in [9.17, 15) is 0 Å². The van der Waals surface area contributed by atoms with Gasteiger partial charge in [-0.1, -0.05) is 39.0 Å². The molecule has 0 bridgehead atoms. The summed E-state index contributed by atoms with van der Waals surface area (Å²) in [5.74, 6) is 0.561. The van der Waals surface area contributed by atoms with Crippen LogP contribution in [-0.4, -0.2) is 31.9 Å². The van der Waals surface area contributed by atoms with Crippen LogP contribution in [0.4, 0.5) is 5.69 Å². The fourth-order valence-corrected chi connectivity index (χ4v) is 4.00. The first-order valence-electron chi connectivity index (χ1n) is 6.82. The van der Waals surface area contributed by atoms with Gasteiger partial charge in [0.05, 0.1) is 6.61 Å². The smallest absolute Gasteiger partial charge is 0.217 e. The van der Waals surface area contributed by atoms with E-state index in [4.69, 9.17) is 4.52 Å². The molecule has 1 heterocycles. The zero-order valence-corrected chi connectivity index (χ0v) is 13.5. The van der Waals surface area contributed by atoms with E-state index < -0.39 is 8.45 Å². The molecule has 1 aliphatic rings. The molecule has 2 atom stereocenters. The average Bonchev–Trinajstić information content (AvgIpc) is 2.38. The van der Waals surface area contributed by atoms with Crippen LogP contribution in [0, 0.1) is 11.3 Å². The first-order valence-corrected chi connectivity index (χ1v) is 7.99. The SMILES string of the molecule is CN(C)[P@]1OC[C@H](C(C)(C)C)CN1c1ccccc1. The van der Waals surface area contributed by atoms with Gasteiger partial charge in [0.25, 0.3) is 0 Å². The molecule has 2 rings (SSSR count). The number of anilines is 1. The van der Waals surface area contributed by atoms with E-state index in [-0.39, 0.29) is 5.41 Å². The van der Waals surface area contributed by atoms with Crippen molar-refractivity contribution in [2.24, 2.45) is 11.3 Å². The van der Waals surface area contributed by atoms with Gasteiger partial charge in [-0.3, -0.25) is 0 Å². The van der Waals surface area contributed by atoms with Crippen molar-refractivity contribution in [2.45, 2.75) is 20.8 Å². The quantitative estimate of drug-likeness (QED) is 0.762. The molecule has 0 aromatic heterocycles. The van der Waals surface area contributed by atoms with Crippen LogP contribution in [0.15, 0.2) is 30.3 Å². The standard InChI is InChI=1S/C15H25N2OP/c1-15(2,3)13-11-17(14-9-7-6-8-10-14)19(16(4)5)18-12-13/h6-10,13H,11-12H2,1-5H3/t13-,19+/m1/s1. The average molecular weight is 280 g/mol. The second kappa shape index (κ2) is 5.78. The maximum absolute atomic E-state index is 6.16. The first-order chi connectivity index (χ1) is 8.89. The normalized spacial score (nSPS) is 24.8. The number of para-hydroxylation sites is 1. The first kappa shape index (κ1) is 14.8. The second-order valence-electron chi connectivity index (χ2n) is 6.38. The summed E-state index contributed by atoms with van der Waals surface area (Å²) in [5.41, 5.74) is 1.54. The highest BCUT2D eigenvalue weighted by molar-refractivity contribution is 7.51. The summed E-state index contributed by atoms with van der Waals surface area (Å²) in [6, 6.07) is 10.6. The van der Waals surface area contributed by atoms with Gasteiger partial charge in [-0.05, 0) is 31.6 Å². The van der Waals surface area contributed by atoms with E-state index in [0.29, 0.717) is 5.92 Å². The van der Waals surface area contributed by atoms with Gasteiger partial charge < -0.3 is 9.19 Å². The maximum atomic E-state index is 6.16. The molecule has 1 aromatic rings. The van der Waals surface area contributed by atoms with Crippen molar-refractivity contribution in [3.05, 3.63) is 30.3 Å². The van der Waals surface area contributed by atoms with Crippen molar-refractivity contribution in [3.8, 4) is 0 Å². The number of nitrogens with zero attached hydrogens (tertiary/aromatic N) is 2. The second-order valence-corrected chi connectivity index (χ2v) is 8.42. The molecule has 106 valence electrons. The molecule has 0 aliphatic carbocycles. The van der Waals surface area contributed by atoms with Crippen molar-refractivity contribution in [1.29, 1.82) is 0 Å². The maximum Gasteiger partial charge on any atom is 0.217 e. The van der Waals surface area contributed by atoms with Gasteiger partial charge in [-0.25, -0.2) is 4.67 Å². The van der Waals surface area contributed by atoms with E-state index in [1.165, 1.54) is 5.69 Å². The van der Waals surface area contributed by atoms with Crippen molar-refractivity contribution >= 4 is 14.1 Å². The van der Waals surface area contributed by atoms with E-state index in [0.717, 1.165) is 13.2 Å². The Hall–Kier alpha value is -0.630. The lowest BCUT2D eigenvalue weighted by atomic mass is 9.81. The lowest BCUT2D eigenvalue weighted by Gasteiger charge is -2.46. The van der Waals surface area contributed by atoms with Crippen LogP contribution in [-0.2, 0) is 4.52 Å². The highest BCUT2D eigenvalue weighted by Gasteiger charge is 2.36. The molecule has 0 unspecified atom stereocenters. The zero-order chi connectivity index (χ0) is 14.0. The summed E-state index contributed by atoms with van der Waals surface area (Å²) >= 11 is 0. The van der Waals surface area contributed by atoms with Gasteiger partial charge in [0, 0.05) is 18.2 Å². The predicted molar refractivity (Wildman–Crippen MR) is 83.3 cm³/mol. The van der Waals surface area contributed by atoms with Gasteiger partial charge in [-0.2, -0.15) is 0 Å². The molecule has 1 saturated heterocycles. The van der Waals surface area contributed by atoms with Gasteiger partial charge in [0.15, 0.2) is 0 Å². The Labute approximate surface area is 118 Å². The van der Waals surface area contributed by atoms with Crippen molar-refractivity contribution in [2.75, 3.05) is 31.9 Å². The molecule has 19 heavy (non-hydrogen) atoms. The summed E-state index contributed by atoms with van der Waals surface area (Å²) in [6.07, 6.45) is 0. The van der Waals surface area contributed by atoms with Gasteiger partial charge >= 0.3 is 0 Å². The van der Waals surface area contributed by atoms with Crippen LogP contribution in [0.2, 0.25) is 0 Å². The lowest BCUT2D eigenvalue weighted by molar-refractivity contribution is 0.141. The molecule has 1 aliphatic heterocycles. The Morgan fingerprint density at radius 2 is 1.84 bits per heavy atom. The Morgan fingerprint density at radius 1 is 1.21 bits per heavy atom. The van der Waals surface area contributed by atoms with Crippen LogP contribution in [0.1, 0.15) is 20.8 Å². The molecule has 1 fully saturated rings. The van der Waals surface area contributed by atoms with Crippen LogP contribution in [0.25, 0.3) is 0 Å². The van der Waals surface area contributed by atoms with E-state index in [2.05, 4.69) is 74.5 Å². The number of benzene rings is 1. The van der Waals surface area contributed by atoms with E-state index >= 15 is 0 Å². The molecule has 0 saturated carbocycles. The molecule has 0 radical (unpaired) electrons. The fourth-order valence-electron chi connectivity index (χ4n) is 2.22. The molecular weight excluding hydrogens is 255 g/mol. The molecular formula is C15H25N2OP. The monoisotopic (exact) mass is 280 g/mol. The number of hydrogen-bond donors (Lipinski definition) is 0. The van der Waals surface area contributed by atoms with Crippen molar-refractivity contribution in [3.63, 3.8) is 0 Å². The lowest BCUT2D eigenvalue weighted by Crippen LogP contribution is -2.42. The van der Waals surface area contributed by atoms with Crippen LogP contribution < -0.4 is 4.67 Å². The minimum absolute atomic E-state index is 0.279. The highest BCUT2D eigenvalue weighted by atomic mass is 31.2. The Bertz CT molecular complexity index is 402. The molecule has 0 amide bonds. The largest absolute Gasteiger partial charge is 0.327 e. The van der Waals surface area contributed by atoms with Crippen LogP contribution in [0.3, 0.4) is 0 Å². The van der Waals surface area contributed by atoms with Crippen LogP contribution >= 0.6 is 8.45 Å². The van der Waals surface area contributed by atoms with Gasteiger partial charge in [0.1, 0.15) is 0 Å². The fraction of sp³-hybridized carbons (Fsp3) is 0.600. The molecule has 0 spiro atoms. The Kier molecular flexibility index (Phi) is 4.50. The predicted octanol–water partition coefficient (Wildman–Crippen LogP) is 3.97. The minimum atomic E-state index is -0.678. The summed E-state index contributed by atoms with van der Waals surface area (Å²) in [4.78, 5) is 0. The molecule has 1 aromatic carbocycles. The topological polar surface area (TPSA) is 15.7 Å². The summed E-state index contributed by atoms with van der Waals surface area (Å²) in [7, 11) is 3.52. The zero-order valence-electron chi connectivity index (χ0n) is 12.6. The Morgan fingerprint density at radius 3 is 2.37 bits per heavy atom. The molecule has 0 N–H and O–H groups in total. The highest BCUT2D eigenvalue weighted by Crippen LogP contribution is 2.51. The summed E-state index contributed by atoms with van der Waals surface area (Å²) in [6.45, 7) is 8.82. The number of hydrogen-bond acceptors (Lipinski definition) is 3. The van der Waals surface area contributed by atoms with Gasteiger partial charge in [0.2, 0.25) is 8.45 Å². The molecule has 3 nitrogen and oxygen atoms in total. The van der Waals surface area contributed by atoms with Crippen molar-refractivity contribution in [1.82, 2.24) is 4.67 Å². The van der Waals surface area contributed by atoms with Crippen molar-refractivity contribution < 1.29 is 4.52 Å². The van der Waals surface area contributed by atoms with E-state index in [1.54, 1.807) is 0 Å². The van der Waals surface area contributed by atoms with Gasteiger partial charge in [-0.15, -0.1) is 0 Å². The third-order valence-electron chi connectivity index (χ3n) is 3.61. The third-order valence-corrected chi connectivity index (χ3v) is 5.48. The summed E-state index contributed by atoms with van der Waals surface area (Å²) < 4.78 is 10.8.